The monoisotopic (exact) mass is 604 g/mol. The van der Waals surface area contributed by atoms with Gasteiger partial charge in [-0.3, -0.25) is 19.0 Å². The van der Waals surface area contributed by atoms with Crippen LogP contribution in [-0.2, 0) is 27.2 Å². The maximum absolute atomic E-state index is 13.5. The zero-order chi connectivity index (χ0) is 31.1. The maximum Gasteiger partial charge on any atom is 0.325 e. The molecule has 0 aliphatic rings. The van der Waals surface area contributed by atoms with Crippen LogP contribution < -0.4 is 21.1 Å². The quantitative estimate of drug-likeness (QED) is 0.146. The van der Waals surface area contributed by atoms with Crippen molar-refractivity contribution in [3.63, 3.8) is 0 Å². The molecule has 1 amide bonds. The van der Waals surface area contributed by atoms with Gasteiger partial charge in [0.05, 0.1) is 37.0 Å². The number of carbonyl (C=O) groups excluding carboxylic acids is 3. The first kappa shape index (κ1) is 31.4. The SMILES string of the molecule is COc1ccc2c(c1)c(CC(=O)NCCc1ccc(N)c(NCC(=O)OCC(C)C)c1)c(C)n2C(=O)c1ccc(Cl)cc1. The zero-order valence-electron chi connectivity index (χ0n) is 24.8. The number of rotatable bonds is 12. The highest BCUT2D eigenvalue weighted by molar-refractivity contribution is 6.30. The van der Waals surface area contributed by atoms with E-state index in [9.17, 15) is 14.4 Å². The third kappa shape index (κ3) is 7.87. The molecule has 0 radical (unpaired) electrons. The van der Waals surface area contributed by atoms with Gasteiger partial charge in [0.1, 0.15) is 12.3 Å². The average Bonchev–Trinajstić information content (AvgIpc) is 3.25. The lowest BCUT2D eigenvalue weighted by Crippen LogP contribution is -2.27. The lowest BCUT2D eigenvalue weighted by Gasteiger charge is -2.12. The normalized spacial score (nSPS) is 11.0. The number of nitrogens with one attached hydrogen (secondary N) is 2. The lowest BCUT2D eigenvalue weighted by molar-refractivity contribution is -0.142. The summed E-state index contributed by atoms with van der Waals surface area (Å²) in [5, 5.41) is 7.33. The van der Waals surface area contributed by atoms with Gasteiger partial charge in [0.2, 0.25) is 5.91 Å². The number of ether oxygens (including phenoxy) is 2. The van der Waals surface area contributed by atoms with Gasteiger partial charge in [0, 0.05) is 28.2 Å². The maximum atomic E-state index is 13.5. The van der Waals surface area contributed by atoms with Crippen molar-refractivity contribution in [2.24, 2.45) is 5.92 Å². The minimum Gasteiger partial charge on any atom is -0.497 e. The van der Waals surface area contributed by atoms with Crippen molar-refractivity contribution in [3.8, 4) is 5.75 Å². The smallest absolute Gasteiger partial charge is 0.325 e. The molecule has 1 aromatic heterocycles. The first-order chi connectivity index (χ1) is 20.6. The minimum atomic E-state index is -0.352. The Balaban J connectivity index is 1.44. The molecule has 9 nitrogen and oxygen atoms in total. The molecule has 43 heavy (non-hydrogen) atoms. The molecule has 0 fully saturated rings. The summed E-state index contributed by atoms with van der Waals surface area (Å²) >= 11 is 6.02. The molecule has 10 heteroatoms. The van der Waals surface area contributed by atoms with Crippen LogP contribution in [0.2, 0.25) is 5.02 Å². The molecule has 1 heterocycles. The Bertz CT molecular complexity index is 1630. The van der Waals surface area contributed by atoms with E-state index in [1.54, 1.807) is 48.1 Å². The predicted octanol–water partition coefficient (Wildman–Crippen LogP) is 5.39. The lowest BCUT2D eigenvalue weighted by atomic mass is 10.1. The third-order valence-electron chi connectivity index (χ3n) is 7.03. The number of esters is 1. The fraction of sp³-hybridized carbons (Fsp3) is 0.303. The number of nitrogens with two attached hydrogens (primary N) is 1. The molecule has 0 unspecified atom stereocenters. The number of halogens is 1. The molecule has 0 spiro atoms. The van der Waals surface area contributed by atoms with Crippen LogP contribution in [0, 0.1) is 12.8 Å². The highest BCUT2D eigenvalue weighted by atomic mass is 35.5. The summed E-state index contributed by atoms with van der Waals surface area (Å²) in [6.45, 7) is 6.55. The number of nitrogens with zero attached hydrogens (tertiary/aromatic N) is 1. The number of benzene rings is 3. The van der Waals surface area contributed by atoms with Gasteiger partial charge in [-0.2, -0.15) is 0 Å². The molecule has 0 saturated carbocycles. The van der Waals surface area contributed by atoms with Crippen LogP contribution in [0.5, 0.6) is 5.75 Å². The number of aromatic nitrogens is 1. The molecule has 0 aliphatic carbocycles. The molecular formula is C33H37ClN4O5. The summed E-state index contributed by atoms with van der Waals surface area (Å²) in [5.41, 5.74) is 10.8. The molecule has 226 valence electrons. The Morgan fingerprint density at radius 1 is 1.02 bits per heavy atom. The molecule has 3 aromatic carbocycles. The summed E-state index contributed by atoms with van der Waals surface area (Å²) in [7, 11) is 1.58. The van der Waals surface area contributed by atoms with Gasteiger partial charge in [-0.1, -0.05) is 31.5 Å². The van der Waals surface area contributed by atoms with Gasteiger partial charge in [-0.15, -0.1) is 0 Å². The largest absolute Gasteiger partial charge is 0.497 e. The van der Waals surface area contributed by atoms with Gasteiger partial charge in [-0.25, -0.2) is 0 Å². The van der Waals surface area contributed by atoms with Crippen LogP contribution in [0.4, 0.5) is 11.4 Å². The number of amides is 1. The zero-order valence-corrected chi connectivity index (χ0v) is 25.6. The number of hydrogen-bond acceptors (Lipinski definition) is 7. The summed E-state index contributed by atoms with van der Waals surface area (Å²) in [6, 6.07) is 17.7. The van der Waals surface area contributed by atoms with Crippen molar-refractivity contribution in [3.05, 3.63) is 88.1 Å². The first-order valence-corrected chi connectivity index (χ1v) is 14.5. The highest BCUT2D eigenvalue weighted by Gasteiger charge is 2.22. The molecule has 0 saturated heterocycles. The summed E-state index contributed by atoms with van der Waals surface area (Å²) in [5.74, 6) is 0.151. The summed E-state index contributed by atoms with van der Waals surface area (Å²) < 4.78 is 12.3. The molecular weight excluding hydrogens is 568 g/mol. The molecule has 4 N–H and O–H groups in total. The van der Waals surface area contributed by atoms with E-state index in [1.165, 1.54) is 0 Å². The number of hydrogen-bond donors (Lipinski definition) is 3. The summed E-state index contributed by atoms with van der Waals surface area (Å²) in [6.07, 6.45) is 0.644. The van der Waals surface area contributed by atoms with E-state index in [0.29, 0.717) is 58.5 Å². The minimum absolute atomic E-state index is 0.00930. The number of carbonyl (C=O) groups is 3. The molecule has 0 atom stereocenters. The van der Waals surface area contributed by atoms with Crippen LogP contribution in [0.3, 0.4) is 0 Å². The van der Waals surface area contributed by atoms with Crippen molar-refractivity contribution >= 4 is 51.7 Å². The van der Waals surface area contributed by atoms with Crippen molar-refractivity contribution < 1.29 is 23.9 Å². The van der Waals surface area contributed by atoms with Crippen molar-refractivity contribution in [1.82, 2.24) is 9.88 Å². The Kier molecular flexibility index (Phi) is 10.3. The van der Waals surface area contributed by atoms with E-state index in [2.05, 4.69) is 10.6 Å². The van der Waals surface area contributed by atoms with Gasteiger partial charge >= 0.3 is 5.97 Å². The van der Waals surface area contributed by atoms with Crippen LogP contribution >= 0.6 is 11.6 Å². The standard InChI is InChI=1S/C33H37ClN4O5/c1-20(2)19-43-32(40)18-37-29-15-22(5-11-28(29)35)13-14-36-31(39)17-26-21(3)38(30-12-10-25(42-4)16-27(26)30)33(41)23-6-8-24(34)9-7-23/h5-12,15-16,20,37H,13-14,17-19,35H2,1-4H3,(H,36,39). The average molecular weight is 605 g/mol. The Morgan fingerprint density at radius 3 is 2.47 bits per heavy atom. The fourth-order valence-electron chi connectivity index (χ4n) is 4.76. The topological polar surface area (TPSA) is 125 Å². The van der Waals surface area contributed by atoms with Crippen LogP contribution in [0.25, 0.3) is 10.9 Å². The van der Waals surface area contributed by atoms with E-state index in [1.807, 2.05) is 45.0 Å². The van der Waals surface area contributed by atoms with Gasteiger partial charge in [-0.05, 0) is 85.0 Å². The van der Waals surface area contributed by atoms with Crippen molar-refractivity contribution in [2.45, 2.75) is 33.6 Å². The molecule has 0 bridgehead atoms. The van der Waals surface area contributed by atoms with Crippen LogP contribution in [0.15, 0.2) is 60.7 Å². The number of anilines is 2. The van der Waals surface area contributed by atoms with E-state index in [0.717, 1.165) is 16.5 Å². The van der Waals surface area contributed by atoms with E-state index < -0.39 is 0 Å². The number of nitrogen functional groups attached to an aromatic ring is 1. The van der Waals surface area contributed by atoms with Gasteiger partial charge in [0.15, 0.2) is 0 Å². The van der Waals surface area contributed by atoms with E-state index in [-0.39, 0.29) is 36.7 Å². The number of methoxy groups -OCH3 is 1. The fourth-order valence-corrected chi connectivity index (χ4v) is 4.88. The highest BCUT2D eigenvalue weighted by Crippen LogP contribution is 2.31. The van der Waals surface area contributed by atoms with Gasteiger partial charge < -0.3 is 25.8 Å². The van der Waals surface area contributed by atoms with E-state index >= 15 is 0 Å². The predicted molar refractivity (Wildman–Crippen MR) is 170 cm³/mol. The second kappa shape index (κ2) is 14.1. The Labute approximate surface area is 256 Å². The molecule has 0 aliphatic heterocycles. The van der Waals surface area contributed by atoms with Gasteiger partial charge in [0.25, 0.3) is 5.91 Å². The van der Waals surface area contributed by atoms with Crippen molar-refractivity contribution in [1.29, 1.82) is 0 Å². The molecule has 4 rings (SSSR count). The second-order valence-electron chi connectivity index (χ2n) is 10.7. The molecule has 4 aromatic rings. The van der Waals surface area contributed by atoms with Crippen molar-refractivity contribution in [2.75, 3.05) is 37.9 Å². The summed E-state index contributed by atoms with van der Waals surface area (Å²) in [4.78, 5) is 38.6. The van der Waals surface area contributed by atoms with E-state index in [4.69, 9.17) is 26.8 Å². The second-order valence-corrected chi connectivity index (χ2v) is 11.2. The first-order valence-electron chi connectivity index (χ1n) is 14.1. The third-order valence-corrected chi connectivity index (χ3v) is 7.28. The van der Waals surface area contributed by atoms with Crippen LogP contribution in [0.1, 0.15) is 41.0 Å². The van der Waals surface area contributed by atoms with Crippen LogP contribution in [-0.4, -0.2) is 49.2 Å². The number of fused-ring (bicyclic) bond motifs is 1. The Morgan fingerprint density at radius 2 is 1.77 bits per heavy atom. The Hall–Kier alpha value is -4.50.